The lowest BCUT2D eigenvalue weighted by Crippen LogP contribution is -2.24. The van der Waals surface area contributed by atoms with Gasteiger partial charge in [0.2, 0.25) is 0 Å². The highest BCUT2D eigenvalue weighted by Crippen LogP contribution is 2.27. The van der Waals surface area contributed by atoms with Crippen molar-refractivity contribution < 1.29 is 0 Å². The van der Waals surface area contributed by atoms with Gasteiger partial charge in [0, 0.05) is 11.4 Å². The summed E-state index contributed by atoms with van der Waals surface area (Å²) in [4.78, 5) is 0. The van der Waals surface area contributed by atoms with Crippen molar-refractivity contribution in [2.75, 3.05) is 5.32 Å². The molecule has 1 heteroatoms. The number of allylic oxidation sites excluding steroid dienone is 1. The molecular formula is C30H23N. The summed E-state index contributed by atoms with van der Waals surface area (Å²) in [6.45, 7) is 8.28. The molecule has 5 aromatic carbocycles. The monoisotopic (exact) mass is 397 g/mol. The van der Waals surface area contributed by atoms with Gasteiger partial charge in [-0.05, 0) is 67.4 Å². The van der Waals surface area contributed by atoms with Crippen LogP contribution in [0.3, 0.4) is 0 Å². The van der Waals surface area contributed by atoms with E-state index in [0.29, 0.717) is 0 Å². The number of benzene rings is 5. The van der Waals surface area contributed by atoms with E-state index in [0.717, 1.165) is 21.8 Å². The van der Waals surface area contributed by atoms with E-state index in [-0.39, 0.29) is 0 Å². The minimum Gasteiger partial charge on any atom is -0.356 e. The Hall–Kier alpha value is -4.10. The summed E-state index contributed by atoms with van der Waals surface area (Å²) < 4.78 is 0. The van der Waals surface area contributed by atoms with E-state index in [1.165, 1.54) is 32.7 Å². The third-order valence-corrected chi connectivity index (χ3v) is 5.74. The Morgan fingerprint density at radius 2 is 1.19 bits per heavy atom. The Morgan fingerprint density at radius 1 is 0.581 bits per heavy atom. The van der Waals surface area contributed by atoms with Gasteiger partial charge in [0.05, 0.1) is 0 Å². The molecule has 0 radical (unpaired) electrons. The van der Waals surface area contributed by atoms with Gasteiger partial charge < -0.3 is 5.32 Å². The molecule has 1 N–H and O–H groups in total. The van der Waals surface area contributed by atoms with Crippen LogP contribution in [0.4, 0.5) is 11.4 Å². The Labute approximate surface area is 182 Å². The predicted molar refractivity (Wildman–Crippen MR) is 136 cm³/mol. The van der Waals surface area contributed by atoms with Crippen LogP contribution < -0.4 is 15.8 Å². The van der Waals surface area contributed by atoms with E-state index >= 15 is 0 Å². The van der Waals surface area contributed by atoms with Crippen LogP contribution in [0.1, 0.15) is 0 Å². The average molecular weight is 398 g/mol. The van der Waals surface area contributed by atoms with E-state index in [4.69, 9.17) is 0 Å². The highest BCUT2D eigenvalue weighted by molar-refractivity contribution is 6.09. The summed E-state index contributed by atoms with van der Waals surface area (Å²) in [6, 6.07) is 34.0. The molecule has 31 heavy (non-hydrogen) atoms. The van der Waals surface area contributed by atoms with Gasteiger partial charge in [0.15, 0.2) is 0 Å². The summed E-state index contributed by atoms with van der Waals surface area (Å²) in [5.74, 6) is 0. The van der Waals surface area contributed by atoms with Crippen LogP contribution in [-0.4, -0.2) is 0 Å². The van der Waals surface area contributed by atoms with Gasteiger partial charge in [-0.1, -0.05) is 98.1 Å². The molecule has 0 atom stereocenters. The molecule has 0 bridgehead atoms. The minimum absolute atomic E-state index is 1.03. The first-order valence-corrected chi connectivity index (χ1v) is 10.4. The van der Waals surface area contributed by atoms with E-state index in [1.54, 1.807) is 0 Å². The van der Waals surface area contributed by atoms with Crippen LogP contribution in [0.15, 0.2) is 110 Å². The maximum Gasteiger partial charge on any atom is 0.0390 e. The Balaban J connectivity index is 1.58. The number of anilines is 2. The van der Waals surface area contributed by atoms with Crippen molar-refractivity contribution >= 4 is 45.6 Å². The molecule has 0 unspecified atom stereocenters. The molecule has 5 aromatic rings. The zero-order chi connectivity index (χ0) is 21.2. The maximum atomic E-state index is 4.37. The third-order valence-electron chi connectivity index (χ3n) is 5.74. The lowest BCUT2D eigenvalue weighted by Gasteiger charge is -2.11. The summed E-state index contributed by atoms with van der Waals surface area (Å²) >= 11 is 0. The second-order valence-corrected chi connectivity index (χ2v) is 7.67. The van der Waals surface area contributed by atoms with Gasteiger partial charge in [-0.25, -0.2) is 0 Å². The fraction of sp³-hybridized carbons (Fsp3) is 0. The average Bonchev–Trinajstić information content (AvgIpc) is 2.83. The maximum absolute atomic E-state index is 4.37. The Morgan fingerprint density at radius 3 is 1.94 bits per heavy atom. The number of hydrogen-bond acceptors (Lipinski definition) is 1. The van der Waals surface area contributed by atoms with Crippen molar-refractivity contribution in [2.45, 2.75) is 0 Å². The quantitative estimate of drug-likeness (QED) is 0.330. The number of fused-ring (bicyclic) bond motifs is 3. The normalized spacial score (nSPS) is 11.7. The van der Waals surface area contributed by atoms with Crippen LogP contribution in [0, 0.1) is 0 Å². The molecule has 0 aromatic heterocycles. The van der Waals surface area contributed by atoms with E-state index in [2.05, 4.69) is 116 Å². The first-order chi connectivity index (χ1) is 15.2. The van der Waals surface area contributed by atoms with Crippen LogP contribution in [-0.2, 0) is 0 Å². The lowest BCUT2D eigenvalue weighted by molar-refractivity contribution is 1.55. The molecule has 0 saturated carbocycles. The fourth-order valence-corrected chi connectivity index (χ4v) is 4.22. The predicted octanol–water partition coefficient (Wildman–Crippen LogP) is 6.78. The zero-order valence-electron chi connectivity index (χ0n) is 17.3. The van der Waals surface area contributed by atoms with Crippen LogP contribution in [0.5, 0.6) is 0 Å². The molecule has 0 amide bonds. The molecule has 0 aliphatic heterocycles. The van der Waals surface area contributed by atoms with E-state index < -0.39 is 0 Å². The van der Waals surface area contributed by atoms with Crippen molar-refractivity contribution in [3.8, 4) is 11.1 Å². The molecule has 0 aliphatic carbocycles. The Kier molecular flexibility index (Phi) is 4.86. The van der Waals surface area contributed by atoms with Crippen molar-refractivity contribution in [1.82, 2.24) is 0 Å². The van der Waals surface area contributed by atoms with Crippen molar-refractivity contribution in [2.24, 2.45) is 0 Å². The second-order valence-electron chi connectivity index (χ2n) is 7.67. The first kappa shape index (κ1) is 18.9. The molecule has 0 spiro atoms. The molecule has 1 nitrogen and oxygen atoms in total. The number of rotatable bonds is 4. The summed E-state index contributed by atoms with van der Waals surface area (Å²) in [5, 5.41) is 10.5. The van der Waals surface area contributed by atoms with Crippen LogP contribution >= 0.6 is 0 Å². The van der Waals surface area contributed by atoms with E-state index in [9.17, 15) is 0 Å². The second kappa shape index (κ2) is 7.97. The topological polar surface area (TPSA) is 12.0 Å². The smallest absolute Gasteiger partial charge is 0.0390 e. The minimum atomic E-state index is 1.03. The molecule has 0 heterocycles. The first-order valence-electron chi connectivity index (χ1n) is 10.4. The molecule has 0 aliphatic rings. The summed E-state index contributed by atoms with van der Waals surface area (Å²) in [7, 11) is 0. The molecule has 0 fully saturated rings. The van der Waals surface area contributed by atoms with Gasteiger partial charge in [-0.3, -0.25) is 0 Å². The lowest BCUT2D eigenvalue weighted by atomic mass is 9.97. The van der Waals surface area contributed by atoms with Crippen molar-refractivity contribution in [3.63, 3.8) is 0 Å². The van der Waals surface area contributed by atoms with Crippen LogP contribution in [0.2, 0.25) is 0 Å². The van der Waals surface area contributed by atoms with Gasteiger partial charge in [-0.15, -0.1) is 0 Å². The highest BCUT2D eigenvalue weighted by atomic mass is 14.9. The van der Waals surface area contributed by atoms with Gasteiger partial charge in [0.25, 0.3) is 0 Å². The van der Waals surface area contributed by atoms with Crippen LogP contribution in [0.25, 0.3) is 45.3 Å². The largest absolute Gasteiger partial charge is 0.356 e. The molecule has 0 saturated heterocycles. The number of hydrogen-bond donors (Lipinski definition) is 1. The highest BCUT2D eigenvalue weighted by Gasteiger charge is 2.06. The molecular weight excluding hydrogens is 374 g/mol. The van der Waals surface area contributed by atoms with Gasteiger partial charge in [-0.2, -0.15) is 0 Å². The summed E-state index contributed by atoms with van der Waals surface area (Å²) in [6.07, 6.45) is 3.89. The summed E-state index contributed by atoms with van der Waals surface area (Å²) in [5.41, 5.74) is 4.54. The van der Waals surface area contributed by atoms with Crippen molar-refractivity contribution in [1.29, 1.82) is 0 Å². The van der Waals surface area contributed by atoms with Gasteiger partial charge in [0.1, 0.15) is 0 Å². The molecule has 148 valence electrons. The molecule has 5 rings (SSSR count). The van der Waals surface area contributed by atoms with Gasteiger partial charge >= 0.3 is 0 Å². The third kappa shape index (κ3) is 3.51. The van der Waals surface area contributed by atoms with E-state index in [1.807, 2.05) is 12.1 Å². The number of nitrogens with one attached hydrogen (secondary N) is 1. The Bertz CT molecular complexity index is 1510. The van der Waals surface area contributed by atoms with Crippen molar-refractivity contribution in [3.05, 3.63) is 120 Å². The standard InChI is InChI=1S/C30H23N/c1-3-9-26-21(2)27-12-7-8-13-28(27)29-19-18-25(20-30(26)29)31-24-16-14-23(15-17-24)22-10-5-4-6-11-22/h3-20,31H,1-2H2/b26-9+. The SMILES string of the molecule is C=C/C=c1\c(=C)c2ccccc2c2ccc(Nc3ccc(-c4ccccc4)cc3)cc12. The zero-order valence-corrected chi connectivity index (χ0v) is 17.3. The fourth-order valence-electron chi connectivity index (χ4n) is 4.22.